The van der Waals surface area contributed by atoms with Crippen molar-refractivity contribution in [2.45, 2.75) is 4.90 Å². The van der Waals surface area contributed by atoms with Crippen molar-refractivity contribution >= 4 is 27.8 Å². The van der Waals surface area contributed by atoms with Gasteiger partial charge in [0.15, 0.2) is 11.5 Å². The average molecular weight is 371 g/mol. The molecule has 0 atom stereocenters. The highest BCUT2D eigenvalue weighted by Crippen LogP contribution is 2.36. The van der Waals surface area contributed by atoms with E-state index in [1.807, 2.05) is 0 Å². The Balaban J connectivity index is 2.21. The Labute approximate surface area is 144 Å². The third kappa shape index (κ3) is 4.09. The smallest absolute Gasteiger partial charge is 0.276 e. The summed E-state index contributed by atoms with van der Waals surface area (Å²) >= 11 is 5.73. The molecule has 0 aliphatic rings. The maximum Gasteiger partial charge on any atom is 0.276 e. The van der Waals surface area contributed by atoms with Crippen LogP contribution in [0.3, 0.4) is 0 Å². The lowest BCUT2D eigenvalue weighted by molar-refractivity contribution is 0.340. The van der Waals surface area contributed by atoms with Crippen molar-refractivity contribution in [3.63, 3.8) is 0 Å². The molecule has 24 heavy (non-hydrogen) atoms. The lowest BCUT2D eigenvalue weighted by Gasteiger charge is -2.09. The minimum atomic E-state index is -3.81. The van der Waals surface area contributed by atoms with Gasteiger partial charge in [-0.1, -0.05) is 11.6 Å². The molecule has 2 aromatic carbocycles. The molecule has 0 aliphatic heterocycles. The Kier molecular flexibility index (Phi) is 5.53. The summed E-state index contributed by atoms with van der Waals surface area (Å²) in [4.78, 5) is 2.12. The zero-order chi connectivity index (χ0) is 17.7. The number of ether oxygens (including phenoxy) is 2. The number of hydrazone groups is 1. The lowest BCUT2D eigenvalue weighted by atomic mass is 10.2. The summed E-state index contributed by atoms with van der Waals surface area (Å²) < 4.78 is 34.2. The van der Waals surface area contributed by atoms with Crippen LogP contribution in [0.2, 0.25) is 5.02 Å². The number of methoxy groups -OCH3 is 2. The van der Waals surface area contributed by atoms with Gasteiger partial charge in [0, 0.05) is 10.6 Å². The van der Waals surface area contributed by atoms with E-state index in [4.69, 9.17) is 21.1 Å². The summed E-state index contributed by atoms with van der Waals surface area (Å²) in [5.41, 5.74) is 0.473. The van der Waals surface area contributed by atoms with Crippen molar-refractivity contribution < 1.29 is 23.0 Å². The van der Waals surface area contributed by atoms with Crippen LogP contribution in [-0.2, 0) is 10.0 Å². The number of nitrogens with one attached hydrogen (secondary N) is 1. The maximum atomic E-state index is 12.1. The zero-order valence-electron chi connectivity index (χ0n) is 12.9. The number of sulfonamides is 1. The fraction of sp³-hybridized carbons (Fsp3) is 0.133. The van der Waals surface area contributed by atoms with Crippen LogP contribution >= 0.6 is 11.6 Å². The molecule has 7 nitrogen and oxygen atoms in total. The van der Waals surface area contributed by atoms with Crippen molar-refractivity contribution in [1.82, 2.24) is 4.83 Å². The molecule has 128 valence electrons. The van der Waals surface area contributed by atoms with E-state index < -0.39 is 10.0 Å². The van der Waals surface area contributed by atoms with E-state index >= 15 is 0 Å². The molecule has 9 heteroatoms. The van der Waals surface area contributed by atoms with Crippen LogP contribution in [0.1, 0.15) is 5.56 Å². The van der Waals surface area contributed by atoms with Crippen LogP contribution in [-0.4, -0.2) is 34.0 Å². The van der Waals surface area contributed by atoms with Gasteiger partial charge < -0.3 is 14.6 Å². The third-order valence-corrected chi connectivity index (χ3v) is 4.50. The molecule has 0 unspecified atom stereocenters. The van der Waals surface area contributed by atoms with Crippen molar-refractivity contribution in [3.05, 3.63) is 47.0 Å². The van der Waals surface area contributed by atoms with Crippen LogP contribution < -0.4 is 14.3 Å². The van der Waals surface area contributed by atoms with Crippen LogP contribution in [0, 0.1) is 0 Å². The van der Waals surface area contributed by atoms with Crippen LogP contribution in [0.5, 0.6) is 17.2 Å². The van der Waals surface area contributed by atoms with Gasteiger partial charge in [0.1, 0.15) is 0 Å². The number of phenols is 1. The highest BCUT2D eigenvalue weighted by atomic mass is 35.5. The van der Waals surface area contributed by atoms with Crippen LogP contribution in [0.4, 0.5) is 0 Å². The topological polar surface area (TPSA) is 97.2 Å². The molecule has 0 amide bonds. The second kappa shape index (κ2) is 7.41. The van der Waals surface area contributed by atoms with Gasteiger partial charge in [0.2, 0.25) is 5.75 Å². The van der Waals surface area contributed by atoms with Gasteiger partial charge in [-0.25, -0.2) is 4.83 Å². The van der Waals surface area contributed by atoms with E-state index in [2.05, 4.69) is 9.93 Å². The Morgan fingerprint density at radius 1 is 1.12 bits per heavy atom. The molecule has 2 aromatic rings. The predicted octanol–water partition coefficient (Wildman–Crippen LogP) is 2.38. The molecule has 2 rings (SSSR count). The normalized spacial score (nSPS) is 11.5. The van der Waals surface area contributed by atoms with Crippen molar-refractivity contribution in [3.8, 4) is 17.2 Å². The fourth-order valence-corrected chi connectivity index (χ4v) is 2.74. The molecule has 0 bridgehead atoms. The van der Waals surface area contributed by atoms with Crippen molar-refractivity contribution in [2.24, 2.45) is 5.10 Å². The summed E-state index contributed by atoms with van der Waals surface area (Å²) in [6.45, 7) is 0. The molecular formula is C15H15ClN2O5S. The highest BCUT2D eigenvalue weighted by molar-refractivity contribution is 7.89. The predicted molar refractivity (Wildman–Crippen MR) is 90.6 cm³/mol. The molecule has 2 N–H and O–H groups in total. The number of halogens is 1. The molecule has 0 fully saturated rings. The van der Waals surface area contributed by atoms with Gasteiger partial charge in [-0.3, -0.25) is 0 Å². The van der Waals surface area contributed by atoms with Gasteiger partial charge in [0.05, 0.1) is 25.3 Å². The molecule has 0 aliphatic carbocycles. The van der Waals surface area contributed by atoms with Crippen molar-refractivity contribution in [1.29, 1.82) is 0 Å². The Morgan fingerprint density at radius 2 is 1.67 bits per heavy atom. The van der Waals surface area contributed by atoms with Gasteiger partial charge in [0.25, 0.3) is 10.0 Å². The first-order valence-electron chi connectivity index (χ1n) is 6.63. The second-order valence-corrected chi connectivity index (χ2v) is 6.68. The Bertz CT molecular complexity index is 826. The standard InChI is InChI=1S/C15H15ClN2O5S/c1-22-13-7-10(8-14(23-2)15(13)19)9-17-18-24(20,21)12-5-3-11(16)4-6-12/h3-9,18-19H,1-2H3/b17-9+. The average Bonchev–Trinajstić information content (AvgIpc) is 2.56. The highest BCUT2D eigenvalue weighted by Gasteiger charge is 2.13. The third-order valence-electron chi connectivity index (χ3n) is 3.01. The molecule has 0 radical (unpaired) electrons. The number of hydrogen-bond donors (Lipinski definition) is 2. The monoisotopic (exact) mass is 370 g/mol. The van der Waals surface area contributed by atoms with E-state index in [1.54, 1.807) is 0 Å². The number of aromatic hydroxyl groups is 1. The van der Waals surface area contributed by atoms with E-state index in [1.165, 1.54) is 56.8 Å². The summed E-state index contributed by atoms with van der Waals surface area (Å²) in [5, 5.41) is 14.0. The molecular weight excluding hydrogens is 356 g/mol. The number of benzene rings is 2. The number of nitrogens with zero attached hydrogens (tertiary/aromatic N) is 1. The van der Waals surface area contributed by atoms with Crippen LogP contribution in [0.15, 0.2) is 46.4 Å². The SMILES string of the molecule is COc1cc(/C=N/NS(=O)(=O)c2ccc(Cl)cc2)cc(OC)c1O. The number of hydrogen-bond acceptors (Lipinski definition) is 6. The van der Waals surface area contributed by atoms with Gasteiger partial charge in [-0.2, -0.15) is 13.5 Å². The number of rotatable bonds is 6. The second-order valence-electron chi connectivity index (χ2n) is 4.58. The lowest BCUT2D eigenvalue weighted by Crippen LogP contribution is -2.18. The number of phenolic OH excluding ortho intramolecular Hbond substituents is 1. The molecule has 0 aromatic heterocycles. The summed E-state index contributed by atoms with van der Waals surface area (Å²) in [5.74, 6) is 0.201. The van der Waals surface area contributed by atoms with E-state index in [0.29, 0.717) is 10.6 Å². The first kappa shape index (κ1) is 17.9. The van der Waals surface area contributed by atoms with E-state index in [-0.39, 0.29) is 22.1 Å². The largest absolute Gasteiger partial charge is 0.502 e. The first-order valence-corrected chi connectivity index (χ1v) is 8.49. The minimum Gasteiger partial charge on any atom is -0.502 e. The van der Waals surface area contributed by atoms with E-state index in [9.17, 15) is 13.5 Å². The fourth-order valence-electron chi connectivity index (χ4n) is 1.83. The Morgan fingerprint density at radius 3 is 2.17 bits per heavy atom. The summed E-state index contributed by atoms with van der Waals surface area (Å²) in [6.07, 6.45) is 1.26. The molecule has 0 heterocycles. The van der Waals surface area contributed by atoms with Gasteiger partial charge >= 0.3 is 0 Å². The summed E-state index contributed by atoms with van der Waals surface area (Å²) in [6, 6.07) is 8.64. The first-order chi connectivity index (χ1) is 11.4. The molecule has 0 saturated heterocycles. The maximum absolute atomic E-state index is 12.1. The Hall–Kier alpha value is -2.45. The van der Waals surface area contributed by atoms with Gasteiger partial charge in [-0.05, 0) is 36.4 Å². The van der Waals surface area contributed by atoms with E-state index in [0.717, 1.165) is 0 Å². The van der Waals surface area contributed by atoms with Crippen molar-refractivity contribution in [2.75, 3.05) is 14.2 Å². The molecule has 0 saturated carbocycles. The summed E-state index contributed by atoms with van der Waals surface area (Å²) in [7, 11) is -1.03. The molecule has 0 spiro atoms. The zero-order valence-corrected chi connectivity index (χ0v) is 14.4. The quantitative estimate of drug-likeness (QED) is 0.601. The van der Waals surface area contributed by atoms with Crippen LogP contribution in [0.25, 0.3) is 0 Å². The minimum absolute atomic E-state index is 0.0323. The van der Waals surface area contributed by atoms with Gasteiger partial charge in [-0.15, -0.1) is 0 Å².